The Morgan fingerprint density at radius 3 is 3.25 bits per heavy atom. The fourth-order valence-corrected chi connectivity index (χ4v) is 1.06. The van der Waals surface area contributed by atoms with Crippen molar-refractivity contribution in [2.24, 2.45) is 5.11 Å². The van der Waals surface area contributed by atoms with Crippen LogP contribution in [0.3, 0.4) is 0 Å². The van der Waals surface area contributed by atoms with Crippen molar-refractivity contribution in [2.45, 2.75) is 0 Å². The van der Waals surface area contributed by atoms with Crippen LogP contribution in [0.5, 0.6) is 0 Å². The summed E-state index contributed by atoms with van der Waals surface area (Å²) in [6, 6.07) is 0. The van der Waals surface area contributed by atoms with Gasteiger partial charge in [-0.1, -0.05) is 0 Å². The Hall–Kier alpha value is -1.65. The van der Waals surface area contributed by atoms with Crippen molar-refractivity contribution in [3.63, 3.8) is 0 Å². The van der Waals surface area contributed by atoms with E-state index in [9.17, 15) is 4.79 Å². The van der Waals surface area contributed by atoms with Gasteiger partial charge in [-0.05, 0) is 22.8 Å². The highest BCUT2D eigenvalue weighted by Crippen LogP contribution is 2.02. The zero-order valence-electron chi connectivity index (χ0n) is 5.91. The standard InChI is InChI=1S/C6H4N4OS/c7-10-9-6(11)2-1-5-3-12-4-8-5/h1-4H/b2-1-. The molecule has 0 fully saturated rings. The lowest BCUT2D eigenvalue weighted by atomic mass is 10.4. The Kier molecular flexibility index (Phi) is 3.01. The van der Waals surface area contributed by atoms with Crippen molar-refractivity contribution in [1.29, 1.82) is 0 Å². The average molecular weight is 180 g/mol. The Morgan fingerprint density at radius 2 is 2.67 bits per heavy atom. The van der Waals surface area contributed by atoms with Crippen LogP contribution in [0.1, 0.15) is 5.69 Å². The fraction of sp³-hybridized carbons (Fsp3) is 0. The second-order valence-corrected chi connectivity index (χ2v) is 2.49. The monoisotopic (exact) mass is 180 g/mol. The van der Waals surface area contributed by atoms with Gasteiger partial charge in [0.2, 0.25) is 5.91 Å². The van der Waals surface area contributed by atoms with E-state index in [1.165, 1.54) is 23.5 Å². The van der Waals surface area contributed by atoms with Gasteiger partial charge in [-0.3, -0.25) is 4.79 Å². The molecule has 5 nitrogen and oxygen atoms in total. The van der Waals surface area contributed by atoms with Crippen molar-refractivity contribution < 1.29 is 4.79 Å². The van der Waals surface area contributed by atoms with Gasteiger partial charge in [-0.25, -0.2) is 4.98 Å². The van der Waals surface area contributed by atoms with Crippen molar-refractivity contribution in [2.75, 3.05) is 0 Å². The van der Waals surface area contributed by atoms with Crippen molar-refractivity contribution >= 4 is 23.3 Å². The molecule has 1 heterocycles. The minimum absolute atomic E-state index is 0.620. The van der Waals surface area contributed by atoms with E-state index in [-0.39, 0.29) is 0 Å². The minimum Gasteiger partial charge on any atom is -0.288 e. The lowest BCUT2D eigenvalue weighted by Gasteiger charge is -1.78. The number of thiazole rings is 1. The minimum atomic E-state index is -0.620. The lowest BCUT2D eigenvalue weighted by Crippen LogP contribution is -1.81. The first-order chi connectivity index (χ1) is 5.83. The van der Waals surface area contributed by atoms with Gasteiger partial charge >= 0.3 is 0 Å². The molecular formula is C6H4N4OS. The van der Waals surface area contributed by atoms with E-state index in [1.807, 2.05) is 0 Å². The van der Waals surface area contributed by atoms with Gasteiger partial charge in [0.1, 0.15) is 0 Å². The zero-order valence-corrected chi connectivity index (χ0v) is 6.73. The number of nitrogens with zero attached hydrogens (tertiary/aromatic N) is 4. The summed E-state index contributed by atoms with van der Waals surface area (Å²) in [6.45, 7) is 0. The highest BCUT2D eigenvalue weighted by atomic mass is 32.1. The van der Waals surface area contributed by atoms with Crippen LogP contribution in [0.2, 0.25) is 0 Å². The number of amides is 1. The maximum absolute atomic E-state index is 10.6. The Morgan fingerprint density at radius 1 is 1.83 bits per heavy atom. The quantitative estimate of drug-likeness (QED) is 0.302. The molecule has 0 atom stereocenters. The van der Waals surface area contributed by atoms with Crippen molar-refractivity contribution in [1.82, 2.24) is 4.98 Å². The maximum atomic E-state index is 10.6. The van der Waals surface area contributed by atoms with Gasteiger partial charge in [0.05, 0.1) is 11.2 Å². The molecule has 6 heteroatoms. The van der Waals surface area contributed by atoms with Crippen LogP contribution >= 0.6 is 11.3 Å². The summed E-state index contributed by atoms with van der Waals surface area (Å²) in [7, 11) is 0. The smallest absolute Gasteiger partial charge is 0.242 e. The topological polar surface area (TPSA) is 78.7 Å². The first kappa shape index (κ1) is 8.45. The van der Waals surface area contributed by atoms with E-state index in [2.05, 4.69) is 15.0 Å². The highest BCUT2D eigenvalue weighted by Gasteiger charge is 1.90. The number of hydrogen-bond acceptors (Lipinski definition) is 3. The molecular weight excluding hydrogens is 176 g/mol. The molecule has 0 saturated carbocycles. The second-order valence-electron chi connectivity index (χ2n) is 1.77. The first-order valence-corrected chi connectivity index (χ1v) is 3.92. The molecule has 0 unspecified atom stereocenters. The van der Waals surface area contributed by atoms with Crippen LogP contribution in [0.15, 0.2) is 22.1 Å². The van der Waals surface area contributed by atoms with Gasteiger partial charge in [0, 0.05) is 10.3 Å². The molecule has 1 rings (SSSR count). The van der Waals surface area contributed by atoms with Crippen molar-refractivity contribution in [3.05, 3.63) is 33.1 Å². The van der Waals surface area contributed by atoms with Crippen LogP contribution in [-0.4, -0.2) is 10.9 Å². The first-order valence-electron chi connectivity index (χ1n) is 2.98. The van der Waals surface area contributed by atoms with Gasteiger partial charge < -0.3 is 0 Å². The average Bonchev–Trinajstić information content (AvgIpc) is 2.53. The van der Waals surface area contributed by atoms with Crippen LogP contribution in [0.25, 0.3) is 16.5 Å². The Bertz CT molecular complexity index is 336. The van der Waals surface area contributed by atoms with E-state index in [1.54, 1.807) is 10.9 Å². The molecule has 0 aliphatic rings. The Labute approximate surface area is 72.0 Å². The summed E-state index contributed by atoms with van der Waals surface area (Å²) in [6.07, 6.45) is 2.67. The molecule has 1 aromatic heterocycles. The number of carbonyl (C=O) groups is 1. The number of hydrogen-bond donors (Lipinski definition) is 0. The Balaban J connectivity index is 2.62. The predicted octanol–water partition coefficient (Wildman–Crippen LogP) is 1.99. The number of aromatic nitrogens is 1. The van der Waals surface area contributed by atoms with E-state index < -0.39 is 5.91 Å². The van der Waals surface area contributed by atoms with Crippen LogP contribution < -0.4 is 0 Å². The molecule has 0 radical (unpaired) electrons. The fourth-order valence-electron chi connectivity index (χ4n) is 0.538. The summed E-state index contributed by atoms with van der Waals surface area (Å²) >= 11 is 1.43. The lowest BCUT2D eigenvalue weighted by molar-refractivity contribution is -0.113. The van der Waals surface area contributed by atoms with E-state index in [0.717, 1.165) is 0 Å². The number of rotatable bonds is 2. The summed E-state index contributed by atoms with van der Waals surface area (Å²) < 4.78 is 0. The van der Waals surface area contributed by atoms with Gasteiger partial charge in [-0.2, -0.15) is 0 Å². The van der Waals surface area contributed by atoms with Crippen molar-refractivity contribution in [3.8, 4) is 0 Å². The summed E-state index contributed by atoms with van der Waals surface area (Å²) in [4.78, 5) is 16.8. The predicted molar refractivity (Wildman–Crippen MR) is 45.3 cm³/mol. The molecule has 0 N–H and O–H groups in total. The molecule has 12 heavy (non-hydrogen) atoms. The maximum Gasteiger partial charge on any atom is 0.242 e. The molecule has 0 spiro atoms. The van der Waals surface area contributed by atoms with Gasteiger partial charge in [0.25, 0.3) is 0 Å². The van der Waals surface area contributed by atoms with E-state index in [0.29, 0.717) is 5.69 Å². The van der Waals surface area contributed by atoms with E-state index >= 15 is 0 Å². The molecule has 0 aliphatic heterocycles. The highest BCUT2D eigenvalue weighted by molar-refractivity contribution is 7.07. The molecule has 0 aliphatic carbocycles. The summed E-state index contributed by atoms with van der Waals surface area (Å²) in [5, 5.41) is 4.63. The third kappa shape index (κ3) is 2.53. The van der Waals surface area contributed by atoms with Gasteiger partial charge in [0.15, 0.2) is 0 Å². The third-order valence-corrected chi connectivity index (χ3v) is 1.60. The normalized spacial score (nSPS) is 9.67. The van der Waals surface area contributed by atoms with E-state index in [4.69, 9.17) is 5.53 Å². The van der Waals surface area contributed by atoms with Crippen LogP contribution in [0, 0.1) is 0 Å². The molecule has 1 amide bonds. The number of carbonyl (C=O) groups excluding carboxylic acids is 1. The molecule has 0 bridgehead atoms. The molecule has 0 saturated heterocycles. The zero-order chi connectivity index (χ0) is 8.81. The third-order valence-electron chi connectivity index (χ3n) is 0.991. The largest absolute Gasteiger partial charge is 0.288 e. The summed E-state index contributed by atoms with van der Waals surface area (Å²) in [5.74, 6) is -0.620. The SMILES string of the molecule is [N-]=[N+]=NC(=O)/C=C\c1cscn1. The molecule has 1 aromatic rings. The molecule has 60 valence electrons. The summed E-state index contributed by atoms with van der Waals surface area (Å²) in [5.41, 5.74) is 10.2. The second kappa shape index (κ2) is 4.27. The molecule has 0 aromatic carbocycles. The number of azide groups is 1. The van der Waals surface area contributed by atoms with Crippen LogP contribution in [0.4, 0.5) is 0 Å². The van der Waals surface area contributed by atoms with Crippen LogP contribution in [-0.2, 0) is 4.79 Å². The van der Waals surface area contributed by atoms with Gasteiger partial charge in [-0.15, -0.1) is 11.3 Å².